The number of phenolic OH excluding ortho intramolecular Hbond substituents is 1. The van der Waals surface area contributed by atoms with Crippen molar-refractivity contribution in [1.82, 2.24) is 0 Å². The van der Waals surface area contributed by atoms with Gasteiger partial charge in [0.25, 0.3) is 0 Å². The molecule has 186 valence electrons. The Labute approximate surface area is 211 Å². The number of nitrogens with zero attached hydrogens (tertiary/aromatic N) is 2. The predicted octanol–water partition coefficient (Wildman–Crippen LogP) is 5.05. The lowest BCUT2D eigenvalue weighted by Gasteiger charge is -2.39. The maximum absolute atomic E-state index is 12.7. The third-order valence-corrected chi connectivity index (χ3v) is 7.43. The molecule has 0 bridgehead atoms. The maximum Gasteiger partial charge on any atom is 0.241 e. The molecule has 2 unspecified atom stereocenters. The Bertz CT molecular complexity index is 1580. The van der Waals surface area contributed by atoms with E-state index >= 15 is 0 Å². The Kier molecular flexibility index (Phi) is 4.63. The van der Waals surface area contributed by atoms with Crippen LogP contribution in [0.1, 0.15) is 17.2 Å². The summed E-state index contributed by atoms with van der Waals surface area (Å²) in [5.74, 6) is 2.57. The van der Waals surface area contributed by atoms with E-state index in [2.05, 4.69) is 0 Å². The number of likely N-dealkylation sites (N-methyl/N-ethyl adjacent to an activating group) is 1. The minimum absolute atomic E-state index is 0.0668. The molecule has 9 heteroatoms. The van der Waals surface area contributed by atoms with Gasteiger partial charge in [-0.1, -0.05) is 24.3 Å². The SMILES string of the molecule is CN1c2c(ccc3cc4c(cc23)OCO4)-c2ccc3c(c2C1C(Cc1ccc(O)cc1)[N+](=O)[O-])OCO3. The lowest BCUT2D eigenvalue weighted by Crippen LogP contribution is -2.42. The molecule has 3 aliphatic heterocycles. The summed E-state index contributed by atoms with van der Waals surface area (Å²) in [6.45, 7) is 0.228. The smallest absolute Gasteiger partial charge is 0.241 e. The summed E-state index contributed by atoms with van der Waals surface area (Å²) < 4.78 is 22.8. The Morgan fingerprint density at radius 2 is 1.65 bits per heavy atom. The first kappa shape index (κ1) is 21.6. The van der Waals surface area contributed by atoms with Gasteiger partial charge in [-0.3, -0.25) is 10.1 Å². The van der Waals surface area contributed by atoms with Crippen LogP contribution in [0, 0.1) is 10.1 Å². The molecule has 2 atom stereocenters. The van der Waals surface area contributed by atoms with E-state index in [-0.39, 0.29) is 30.7 Å². The van der Waals surface area contributed by atoms with Crippen molar-refractivity contribution in [2.45, 2.75) is 18.5 Å². The first-order chi connectivity index (χ1) is 18.0. The van der Waals surface area contributed by atoms with Crippen LogP contribution in [0.25, 0.3) is 21.9 Å². The number of nitro groups is 1. The van der Waals surface area contributed by atoms with Crippen LogP contribution < -0.4 is 23.8 Å². The summed E-state index contributed by atoms with van der Waals surface area (Å²) in [5.41, 5.74) is 4.20. The number of anilines is 1. The van der Waals surface area contributed by atoms with Gasteiger partial charge in [0.1, 0.15) is 11.8 Å². The van der Waals surface area contributed by atoms with Gasteiger partial charge in [0.2, 0.25) is 19.6 Å². The van der Waals surface area contributed by atoms with E-state index in [9.17, 15) is 15.2 Å². The van der Waals surface area contributed by atoms with Gasteiger partial charge in [0.05, 0.1) is 5.69 Å². The second-order valence-electron chi connectivity index (χ2n) is 9.43. The Balaban J connectivity index is 1.46. The van der Waals surface area contributed by atoms with Gasteiger partial charge in [0, 0.05) is 34.9 Å². The molecule has 1 N–H and O–H groups in total. The molecule has 0 aromatic heterocycles. The minimum Gasteiger partial charge on any atom is -0.508 e. The highest BCUT2D eigenvalue weighted by atomic mass is 16.7. The molecule has 7 rings (SSSR count). The van der Waals surface area contributed by atoms with Gasteiger partial charge in [-0.05, 0) is 52.9 Å². The molecule has 3 aliphatic rings. The van der Waals surface area contributed by atoms with Gasteiger partial charge in [-0.2, -0.15) is 0 Å². The second kappa shape index (κ2) is 7.92. The molecule has 0 amide bonds. The fraction of sp³-hybridized carbons (Fsp3) is 0.214. The molecule has 4 aromatic carbocycles. The molecule has 0 fully saturated rings. The zero-order valence-corrected chi connectivity index (χ0v) is 19.8. The van der Waals surface area contributed by atoms with Crippen LogP contribution >= 0.6 is 0 Å². The van der Waals surface area contributed by atoms with Crippen LogP contribution in [0.4, 0.5) is 5.69 Å². The van der Waals surface area contributed by atoms with Crippen molar-refractivity contribution >= 4 is 16.5 Å². The zero-order valence-electron chi connectivity index (χ0n) is 19.8. The monoisotopic (exact) mass is 498 g/mol. The van der Waals surface area contributed by atoms with E-state index in [1.165, 1.54) is 0 Å². The predicted molar refractivity (Wildman–Crippen MR) is 135 cm³/mol. The van der Waals surface area contributed by atoms with Gasteiger partial charge < -0.3 is 29.0 Å². The summed E-state index contributed by atoms with van der Waals surface area (Å²) in [6.07, 6.45) is 0.165. The third kappa shape index (κ3) is 3.23. The van der Waals surface area contributed by atoms with Crippen molar-refractivity contribution in [3.8, 4) is 39.9 Å². The number of aromatic hydroxyl groups is 1. The highest BCUT2D eigenvalue weighted by Crippen LogP contribution is 2.55. The lowest BCUT2D eigenvalue weighted by atomic mass is 9.81. The molecule has 37 heavy (non-hydrogen) atoms. The molecule has 9 nitrogen and oxygen atoms in total. The topological polar surface area (TPSA) is 104 Å². The molecule has 0 spiro atoms. The maximum atomic E-state index is 12.7. The normalized spacial score (nSPS) is 17.4. The zero-order chi connectivity index (χ0) is 25.3. The number of rotatable bonds is 4. The van der Waals surface area contributed by atoms with Crippen LogP contribution in [0.5, 0.6) is 28.7 Å². The van der Waals surface area contributed by atoms with Crippen LogP contribution in [0.2, 0.25) is 0 Å². The average molecular weight is 498 g/mol. The summed E-state index contributed by atoms with van der Waals surface area (Å²) in [6, 6.07) is 16.6. The highest BCUT2D eigenvalue weighted by molar-refractivity contribution is 6.05. The van der Waals surface area contributed by atoms with E-state index in [1.54, 1.807) is 24.3 Å². The first-order valence-corrected chi connectivity index (χ1v) is 11.9. The minimum atomic E-state index is -1.01. The summed E-state index contributed by atoms with van der Waals surface area (Å²) in [7, 11) is 1.89. The Morgan fingerprint density at radius 1 is 0.946 bits per heavy atom. The van der Waals surface area contributed by atoms with Crippen LogP contribution in [0.3, 0.4) is 0 Å². The van der Waals surface area contributed by atoms with E-state index in [1.807, 2.05) is 48.3 Å². The molecular formula is C28H22N2O7. The van der Waals surface area contributed by atoms with Gasteiger partial charge in [0.15, 0.2) is 23.0 Å². The molecule has 0 saturated heterocycles. The Morgan fingerprint density at radius 3 is 2.43 bits per heavy atom. The fourth-order valence-corrected chi connectivity index (χ4v) is 5.78. The van der Waals surface area contributed by atoms with Crippen molar-refractivity contribution in [3.63, 3.8) is 0 Å². The quantitative estimate of drug-likeness (QED) is 0.308. The molecule has 4 aromatic rings. The molecule has 0 aliphatic carbocycles. The van der Waals surface area contributed by atoms with Crippen molar-refractivity contribution < 1.29 is 29.0 Å². The van der Waals surface area contributed by atoms with Crippen molar-refractivity contribution in [2.24, 2.45) is 0 Å². The summed E-state index contributed by atoms with van der Waals surface area (Å²) in [5, 5.41) is 24.3. The van der Waals surface area contributed by atoms with Crippen LogP contribution in [-0.2, 0) is 6.42 Å². The van der Waals surface area contributed by atoms with Crippen molar-refractivity contribution in [2.75, 3.05) is 25.5 Å². The van der Waals surface area contributed by atoms with E-state index < -0.39 is 12.1 Å². The van der Waals surface area contributed by atoms with Crippen LogP contribution in [-0.4, -0.2) is 36.7 Å². The van der Waals surface area contributed by atoms with Crippen molar-refractivity contribution in [1.29, 1.82) is 0 Å². The number of fused-ring (bicyclic) bond motifs is 8. The third-order valence-electron chi connectivity index (χ3n) is 7.43. The van der Waals surface area contributed by atoms with E-state index in [0.29, 0.717) is 23.0 Å². The fourth-order valence-electron chi connectivity index (χ4n) is 5.78. The highest BCUT2D eigenvalue weighted by Gasteiger charge is 2.45. The number of ether oxygens (including phenoxy) is 4. The summed E-state index contributed by atoms with van der Waals surface area (Å²) in [4.78, 5) is 14.4. The molecule has 0 saturated carbocycles. The number of benzene rings is 4. The van der Waals surface area contributed by atoms with Gasteiger partial charge in [-0.15, -0.1) is 0 Å². The number of hydrogen-bond donors (Lipinski definition) is 1. The average Bonchev–Trinajstić information content (AvgIpc) is 3.56. The Hall–Kier alpha value is -4.66. The number of hydrogen-bond acceptors (Lipinski definition) is 8. The molecule has 3 heterocycles. The van der Waals surface area contributed by atoms with Crippen LogP contribution in [0.15, 0.2) is 60.7 Å². The first-order valence-electron chi connectivity index (χ1n) is 11.9. The molecular weight excluding hydrogens is 476 g/mol. The largest absolute Gasteiger partial charge is 0.508 e. The lowest BCUT2D eigenvalue weighted by molar-refractivity contribution is -0.526. The van der Waals surface area contributed by atoms with Crippen molar-refractivity contribution in [3.05, 3.63) is 81.9 Å². The van der Waals surface area contributed by atoms with E-state index in [0.717, 1.165) is 38.7 Å². The van der Waals surface area contributed by atoms with Gasteiger partial charge >= 0.3 is 0 Å². The molecule has 0 radical (unpaired) electrons. The standard InChI is InChI=1S/C28H22N2O7/c1-29-26-19(7-4-16-11-23-24(12-20(16)26)36-13-35-23)18-8-9-22-28(37-14-34-22)25(18)27(29)21(30(32)33)10-15-2-5-17(31)6-3-15/h2-9,11-12,21,27,31H,10,13-14H2,1H3. The second-order valence-corrected chi connectivity index (χ2v) is 9.43. The van der Waals surface area contributed by atoms with E-state index in [4.69, 9.17) is 18.9 Å². The van der Waals surface area contributed by atoms with Gasteiger partial charge in [-0.25, -0.2) is 0 Å². The summed E-state index contributed by atoms with van der Waals surface area (Å²) >= 11 is 0. The number of phenols is 1.